The molecule has 0 radical (unpaired) electrons. The van der Waals surface area contributed by atoms with Crippen LogP contribution in [-0.2, 0) is 9.59 Å². The van der Waals surface area contributed by atoms with Crippen LogP contribution in [0.25, 0.3) is 6.08 Å². The van der Waals surface area contributed by atoms with Crippen LogP contribution in [0.15, 0.2) is 41.3 Å². The van der Waals surface area contributed by atoms with Gasteiger partial charge in [0, 0.05) is 5.69 Å². The van der Waals surface area contributed by atoms with Gasteiger partial charge in [0.2, 0.25) is 5.91 Å². The molecule has 1 heterocycles. The van der Waals surface area contributed by atoms with E-state index in [0.29, 0.717) is 28.8 Å². The lowest BCUT2D eigenvalue weighted by Gasteiger charge is -2.13. The van der Waals surface area contributed by atoms with E-state index in [9.17, 15) is 23.2 Å². The summed E-state index contributed by atoms with van der Waals surface area (Å²) >= 11 is 6.69. The summed E-state index contributed by atoms with van der Waals surface area (Å²) in [6.45, 7) is -1.65. The molecule has 180 valence electrons. The number of alkyl halides is 2. The SMILES string of the molecule is CCOc1cc(/C=C2\SC(=O)N(CC(=O)Nc3ccc(OC)c(Cl)c3)C2=O)ccc1OC(F)F. The van der Waals surface area contributed by atoms with E-state index in [2.05, 4.69) is 10.1 Å². The molecule has 2 aromatic carbocycles. The molecule has 8 nitrogen and oxygen atoms in total. The highest BCUT2D eigenvalue weighted by Gasteiger charge is 2.36. The van der Waals surface area contributed by atoms with E-state index in [1.165, 1.54) is 37.5 Å². The van der Waals surface area contributed by atoms with Gasteiger partial charge in [0.05, 0.1) is 23.6 Å². The molecule has 1 N–H and O–H groups in total. The predicted octanol–water partition coefficient (Wildman–Crippen LogP) is 5.02. The summed E-state index contributed by atoms with van der Waals surface area (Å²) in [6, 6.07) is 8.73. The van der Waals surface area contributed by atoms with Gasteiger partial charge in [0.15, 0.2) is 11.5 Å². The number of nitrogens with one attached hydrogen (secondary N) is 1. The molecular formula is C22H19ClF2N2O6S. The van der Waals surface area contributed by atoms with Crippen LogP contribution < -0.4 is 19.5 Å². The van der Waals surface area contributed by atoms with Gasteiger partial charge in [-0.2, -0.15) is 8.78 Å². The number of imide groups is 1. The average Bonchev–Trinajstić information content (AvgIpc) is 3.03. The van der Waals surface area contributed by atoms with Crippen LogP contribution in [0.4, 0.5) is 19.3 Å². The third kappa shape index (κ3) is 6.17. The van der Waals surface area contributed by atoms with Crippen molar-refractivity contribution < 1.29 is 37.4 Å². The molecule has 12 heteroatoms. The molecule has 0 saturated carbocycles. The monoisotopic (exact) mass is 512 g/mol. The zero-order chi connectivity index (χ0) is 24.8. The predicted molar refractivity (Wildman–Crippen MR) is 124 cm³/mol. The fourth-order valence-corrected chi connectivity index (χ4v) is 4.05. The van der Waals surface area contributed by atoms with Crippen LogP contribution in [0, 0.1) is 0 Å². The van der Waals surface area contributed by atoms with Crippen LogP contribution in [0.3, 0.4) is 0 Å². The standard InChI is InChI=1S/C22H19ClF2N2O6S/c1-3-32-17-8-12(4-6-16(17)33-21(24)25)9-18-20(29)27(22(30)34-18)11-19(28)26-13-5-7-15(31-2)14(23)10-13/h4-10,21H,3,11H2,1-2H3,(H,26,28)/b18-9-. The van der Waals surface area contributed by atoms with Gasteiger partial charge in [-0.1, -0.05) is 17.7 Å². The number of carbonyl (C=O) groups is 3. The van der Waals surface area contributed by atoms with Gasteiger partial charge < -0.3 is 19.5 Å². The van der Waals surface area contributed by atoms with Gasteiger partial charge in [0.1, 0.15) is 12.3 Å². The first-order valence-corrected chi connectivity index (χ1v) is 11.0. The summed E-state index contributed by atoms with van der Waals surface area (Å²) in [6.07, 6.45) is 1.40. The first-order chi connectivity index (χ1) is 16.2. The Balaban J connectivity index is 1.72. The van der Waals surface area contributed by atoms with Gasteiger partial charge in [-0.15, -0.1) is 0 Å². The molecule has 1 fully saturated rings. The average molecular weight is 513 g/mol. The van der Waals surface area contributed by atoms with Gasteiger partial charge in [-0.25, -0.2) is 0 Å². The number of carbonyl (C=O) groups excluding carboxylic acids is 3. The first kappa shape index (κ1) is 25.3. The Morgan fingerprint density at radius 3 is 2.56 bits per heavy atom. The number of ether oxygens (including phenoxy) is 3. The summed E-state index contributed by atoms with van der Waals surface area (Å²) in [5.41, 5.74) is 0.792. The normalized spacial score (nSPS) is 14.6. The Kier molecular flexibility index (Phi) is 8.35. The van der Waals surface area contributed by atoms with Gasteiger partial charge in [0.25, 0.3) is 11.1 Å². The van der Waals surface area contributed by atoms with Crippen molar-refractivity contribution in [1.29, 1.82) is 0 Å². The molecule has 1 saturated heterocycles. The summed E-state index contributed by atoms with van der Waals surface area (Å²) in [5, 5.41) is 2.22. The molecule has 0 bridgehead atoms. The molecule has 0 atom stereocenters. The number of rotatable bonds is 9. The minimum absolute atomic E-state index is 0.0632. The Labute approximate surface area is 202 Å². The highest BCUT2D eigenvalue weighted by molar-refractivity contribution is 8.18. The van der Waals surface area contributed by atoms with Crippen molar-refractivity contribution in [3.8, 4) is 17.2 Å². The topological polar surface area (TPSA) is 94.2 Å². The van der Waals surface area contributed by atoms with Crippen molar-refractivity contribution in [2.45, 2.75) is 13.5 Å². The van der Waals surface area contributed by atoms with Crippen molar-refractivity contribution in [3.63, 3.8) is 0 Å². The molecule has 0 spiro atoms. The molecule has 0 aromatic heterocycles. The zero-order valence-electron chi connectivity index (χ0n) is 18.0. The van der Waals surface area contributed by atoms with E-state index in [1.54, 1.807) is 19.1 Å². The fraction of sp³-hybridized carbons (Fsp3) is 0.227. The van der Waals surface area contributed by atoms with E-state index in [1.807, 2.05) is 0 Å². The van der Waals surface area contributed by atoms with Crippen LogP contribution in [0.1, 0.15) is 12.5 Å². The lowest BCUT2D eigenvalue weighted by Crippen LogP contribution is -2.36. The molecule has 1 aliphatic rings. The van der Waals surface area contributed by atoms with E-state index >= 15 is 0 Å². The number of hydrogen-bond acceptors (Lipinski definition) is 7. The Hall–Kier alpha value is -3.31. The lowest BCUT2D eigenvalue weighted by molar-refractivity contribution is -0.127. The molecule has 3 amide bonds. The molecule has 34 heavy (non-hydrogen) atoms. The van der Waals surface area contributed by atoms with E-state index in [4.69, 9.17) is 21.1 Å². The minimum Gasteiger partial charge on any atom is -0.495 e. The minimum atomic E-state index is -3.03. The van der Waals surface area contributed by atoms with Crippen molar-refractivity contribution in [2.75, 3.05) is 25.6 Å². The van der Waals surface area contributed by atoms with Crippen LogP contribution in [0.5, 0.6) is 17.2 Å². The molecule has 0 aliphatic carbocycles. The Morgan fingerprint density at radius 2 is 1.91 bits per heavy atom. The smallest absolute Gasteiger partial charge is 0.387 e. The molecule has 3 rings (SSSR count). The Morgan fingerprint density at radius 1 is 1.18 bits per heavy atom. The largest absolute Gasteiger partial charge is 0.495 e. The second-order valence-corrected chi connectivity index (χ2v) is 8.08. The highest BCUT2D eigenvalue weighted by atomic mass is 35.5. The van der Waals surface area contributed by atoms with Gasteiger partial charge in [-0.05, 0) is 60.7 Å². The molecule has 2 aromatic rings. The van der Waals surface area contributed by atoms with Gasteiger partial charge in [-0.3, -0.25) is 19.3 Å². The van der Waals surface area contributed by atoms with E-state index in [0.717, 1.165) is 4.90 Å². The number of thioether (sulfide) groups is 1. The first-order valence-electron chi connectivity index (χ1n) is 9.82. The van der Waals surface area contributed by atoms with E-state index < -0.39 is 30.2 Å². The van der Waals surface area contributed by atoms with Gasteiger partial charge >= 0.3 is 6.61 Å². The highest BCUT2D eigenvalue weighted by Crippen LogP contribution is 2.35. The van der Waals surface area contributed by atoms with E-state index in [-0.39, 0.29) is 28.0 Å². The van der Waals surface area contributed by atoms with Crippen molar-refractivity contribution in [3.05, 3.63) is 51.9 Å². The second kappa shape index (κ2) is 11.2. The summed E-state index contributed by atoms with van der Waals surface area (Å²) in [4.78, 5) is 38.3. The van der Waals surface area contributed by atoms with Crippen LogP contribution in [-0.4, -0.2) is 48.8 Å². The molecule has 1 aliphatic heterocycles. The van der Waals surface area contributed by atoms with Crippen LogP contribution >= 0.6 is 23.4 Å². The van der Waals surface area contributed by atoms with Crippen LogP contribution in [0.2, 0.25) is 5.02 Å². The second-order valence-electron chi connectivity index (χ2n) is 6.68. The molecular weight excluding hydrogens is 494 g/mol. The number of nitrogens with zero attached hydrogens (tertiary/aromatic N) is 1. The maximum absolute atomic E-state index is 12.7. The zero-order valence-corrected chi connectivity index (χ0v) is 19.5. The van der Waals surface area contributed by atoms with Crippen molar-refractivity contribution in [2.24, 2.45) is 0 Å². The number of hydrogen-bond donors (Lipinski definition) is 1. The summed E-state index contributed by atoms with van der Waals surface area (Å²) < 4.78 is 39.9. The number of halogens is 3. The summed E-state index contributed by atoms with van der Waals surface area (Å²) in [7, 11) is 1.45. The maximum atomic E-state index is 12.7. The number of anilines is 1. The lowest BCUT2D eigenvalue weighted by atomic mass is 10.2. The number of methoxy groups -OCH3 is 1. The third-order valence-corrected chi connectivity index (χ3v) is 5.60. The maximum Gasteiger partial charge on any atom is 0.387 e. The quantitative estimate of drug-likeness (QED) is 0.471. The van der Waals surface area contributed by atoms with Crippen molar-refractivity contribution >= 4 is 52.2 Å². The number of benzene rings is 2. The molecule has 0 unspecified atom stereocenters. The van der Waals surface area contributed by atoms with Crippen molar-refractivity contribution in [1.82, 2.24) is 4.90 Å². The third-order valence-electron chi connectivity index (χ3n) is 4.39. The number of amides is 3. The summed E-state index contributed by atoms with van der Waals surface area (Å²) in [5.74, 6) is -0.927. The Bertz CT molecular complexity index is 1140. The fourth-order valence-electron chi connectivity index (χ4n) is 2.95.